The Morgan fingerprint density at radius 1 is 1.27 bits per heavy atom. The highest BCUT2D eigenvalue weighted by molar-refractivity contribution is 5.09. The number of nitrogens with one attached hydrogen (secondary N) is 1. The fourth-order valence-corrected chi connectivity index (χ4v) is 1.77. The molecule has 0 radical (unpaired) electrons. The van der Waals surface area contributed by atoms with Gasteiger partial charge >= 0.3 is 0 Å². The van der Waals surface area contributed by atoms with E-state index in [4.69, 9.17) is 0 Å². The molecule has 1 N–H and O–H groups in total. The third kappa shape index (κ3) is 4.93. The molecule has 15 heavy (non-hydrogen) atoms. The van der Waals surface area contributed by atoms with E-state index in [9.17, 15) is 0 Å². The van der Waals surface area contributed by atoms with Gasteiger partial charge in [0.25, 0.3) is 0 Å². The van der Waals surface area contributed by atoms with Crippen LogP contribution in [0.5, 0.6) is 0 Å². The lowest BCUT2D eigenvalue weighted by Gasteiger charge is -2.15. The van der Waals surface area contributed by atoms with Crippen LogP contribution in [0.2, 0.25) is 0 Å². The molecule has 1 aromatic heterocycles. The molecule has 0 spiro atoms. The summed E-state index contributed by atoms with van der Waals surface area (Å²) in [5, 5.41) is 3.39. The SMILES string of the molecule is CCCCC(CCc1ccncc1)NC. The summed E-state index contributed by atoms with van der Waals surface area (Å²) in [6.45, 7) is 2.25. The average molecular weight is 206 g/mol. The first-order valence-corrected chi connectivity index (χ1v) is 5.93. The minimum Gasteiger partial charge on any atom is -0.317 e. The normalized spacial score (nSPS) is 12.7. The predicted octanol–water partition coefficient (Wildman–Crippen LogP) is 2.79. The Morgan fingerprint density at radius 3 is 2.60 bits per heavy atom. The summed E-state index contributed by atoms with van der Waals surface area (Å²) in [5.74, 6) is 0. The Bertz CT molecular complexity index is 246. The van der Waals surface area contributed by atoms with Crippen LogP contribution in [0.3, 0.4) is 0 Å². The molecule has 0 aliphatic carbocycles. The lowest BCUT2D eigenvalue weighted by atomic mass is 10.0. The first-order chi connectivity index (χ1) is 7.36. The minimum atomic E-state index is 0.665. The van der Waals surface area contributed by atoms with Crippen molar-refractivity contribution in [2.75, 3.05) is 7.05 Å². The van der Waals surface area contributed by atoms with Crippen molar-refractivity contribution < 1.29 is 0 Å². The monoisotopic (exact) mass is 206 g/mol. The van der Waals surface area contributed by atoms with Crippen LogP contribution in [0.25, 0.3) is 0 Å². The van der Waals surface area contributed by atoms with Crippen molar-refractivity contribution in [3.05, 3.63) is 30.1 Å². The molecule has 0 saturated heterocycles. The van der Waals surface area contributed by atoms with Crippen molar-refractivity contribution >= 4 is 0 Å². The maximum atomic E-state index is 4.03. The number of aryl methyl sites for hydroxylation is 1. The summed E-state index contributed by atoms with van der Waals surface area (Å²) in [5.41, 5.74) is 1.39. The van der Waals surface area contributed by atoms with Gasteiger partial charge in [0, 0.05) is 18.4 Å². The number of hydrogen-bond donors (Lipinski definition) is 1. The van der Waals surface area contributed by atoms with Crippen LogP contribution >= 0.6 is 0 Å². The van der Waals surface area contributed by atoms with Gasteiger partial charge < -0.3 is 5.32 Å². The zero-order chi connectivity index (χ0) is 10.9. The molecule has 2 heteroatoms. The fraction of sp³-hybridized carbons (Fsp3) is 0.615. The topological polar surface area (TPSA) is 24.9 Å². The van der Waals surface area contributed by atoms with Gasteiger partial charge in [-0.05, 0) is 44.0 Å². The van der Waals surface area contributed by atoms with Gasteiger partial charge in [0.2, 0.25) is 0 Å². The van der Waals surface area contributed by atoms with Crippen molar-refractivity contribution in [2.24, 2.45) is 0 Å². The highest BCUT2D eigenvalue weighted by Gasteiger charge is 2.05. The van der Waals surface area contributed by atoms with Gasteiger partial charge in [0.15, 0.2) is 0 Å². The lowest BCUT2D eigenvalue weighted by molar-refractivity contribution is 0.471. The summed E-state index contributed by atoms with van der Waals surface area (Å²) in [6.07, 6.45) is 10.0. The number of rotatable bonds is 7. The van der Waals surface area contributed by atoms with Crippen molar-refractivity contribution in [2.45, 2.75) is 45.1 Å². The number of pyridine rings is 1. The minimum absolute atomic E-state index is 0.665. The maximum absolute atomic E-state index is 4.03. The highest BCUT2D eigenvalue weighted by Crippen LogP contribution is 2.08. The second kappa shape index (κ2) is 7.41. The van der Waals surface area contributed by atoms with E-state index in [0.717, 1.165) is 6.42 Å². The quantitative estimate of drug-likeness (QED) is 0.742. The molecule has 2 nitrogen and oxygen atoms in total. The molecule has 0 fully saturated rings. The first-order valence-electron chi connectivity index (χ1n) is 5.93. The maximum Gasteiger partial charge on any atom is 0.0270 e. The smallest absolute Gasteiger partial charge is 0.0270 e. The zero-order valence-corrected chi connectivity index (χ0v) is 9.87. The van der Waals surface area contributed by atoms with E-state index in [0.29, 0.717) is 6.04 Å². The molecule has 0 bridgehead atoms. The number of nitrogens with zero attached hydrogens (tertiary/aromatic N) is 1. The van der Waals surface area contributed by atoms with Gasteiger partial charge in [-0.3, -0.25) is 4.98 Å². The summed E-state index contributed by atoms with van der Waals surface area (Å²) in [7, 11) is 2.06. The van der Waals surface area contributed by atoms with Crippen molar-refractivity contribution in [3.63, 3.8) is 0 Å². The molecule has 1 heterocycles. The van der Waals surface area contributed by atoms with Crippen molar-refractivity contribution in [1.82, 2.24) is 10.3 Å². The number of aromatic nitrogens is 1. The Balaban J connectivity index is 2.28. The van der Waals surface area contributed by atoms with Crippen molar-refractivity contribution in [1.29, 1.82) is 0 Å². The summed E-state index contributed by atoms with van der Waals surface area (Å²) in [4.78, 5) is 4.03. The highest BCUT2D eigenvalue weighted by atomic mass is 14.9. The van der Waals surface area contributed by atoms with Crippen LogP contribution in [0.1, 0.15) is 38.2 Å². The molecule has 1 aromatic rings. The van der Waals surface area contributed by atoms with E-state index in [1.54, 1.807) is 0 Å². The van der Waals surface area contributed by atoms with Crippen LogP contribution < -0.4 is 5.32 Å². The van der Waals surface area contributed by atoms with Gasteiger partial charge in [-0.2, -0.15) is 0 Å². The molecule has 0 saturated carbocycles. The molecule has 0 aliphatic rings. The van der Waals surface area contributed by atoms with Crippen LogP contribution in [0.4, 0.5) is 0 Å². The Labute approximate surface area is 93.1 Å². The third-order valence-corrected chi connectivity index (χ3v) is 2.85. The lowest BCUT2D eigenvalue weighted by Crippen LogP contribution is -2.25. The molecule has 1 atom stereocenters. The summed E-state index contributed by atoms with van der Waals surface area (Å²) >= 11 is 0. The predicted molar refractivity (Wildman–Crippen MR) is 64.9 cm³/mol. The second-order valence-electron chi connectivity index (χ2n) is 4.02. The van der Waals surface area contributed by atoms with Crippen LogP contribution in [0.15, 0.2) is 24.5 Å². The fourth-order valence-electron chi connectivity index (χ4n) is 1.77. The van der Waals surface area contributed by atoms with Gasteiger partial charge in [-0.1, -0.05) is 19.8 Å². The third-order valence-electron chi connectivity index (χ3n) is 2.85. The first kappa shape index (κ1) is 12.2. The van der Waals surface area contributed by atoms with E-state index in [1.807, 2.05) is 12.4 Å². The molecular weight excluding hydrogens is 184 g/mol. The standard InChI is InChI=1S/C13H22N2/c1-3-4-5-13(14-2)7-6-12-8-10-15-11-9-12/h8-11,13-14H,3-7H2,1-2H3. The van der Waals surface area contributed by atoms with E-state index < -0.39 is 0 Å². The Kier molecular flexibility index (Phi) is 6.02. The Hall–Kier alpha value is -0.890. The summed E-state index contributed by atoms with van der Waals surface area (Å²) in [6, 6.07) is 4.87. The molecule has 0 aliphatic heterocycles. The molecule has 0 aromatic carbocycles. The molecule has 1 rings (SSSR count). The van der Waals surface area contributed by atoms with Crippen LogP contribution in [-0.4, -0.2) is 18.1 Å². The second-order valence-corrected chi connectivity index (χ2v) is 4.02. The molecule has 1 unspecified atom stereocenters. The zero-order valence-electron chi connectivity index (χ0n) is 9.87. The van der Waals surface area contributed by atoms with Gasteiger partial charge in [-0.15, -0.1) is 0 Å². The Morgan fingerprint density at radius 2 is 2.00 bits per heavy atom. The number of unbranched alkanes of at least 4 members (excludes halogenated alkanes) is 1. The molecule has 0 amide bonds. The van der Waals surface area contributed by atoms with Gasteiger partial charge in [0.05, 0.1) is 0 Å². The van der Waals surface area contributed by atoms with Gasteiger partial charge in [0.1, 0.15) is 0 Å². The molecule has 84 valence electrons. The van der Waals surface area contributed by atoms with E-state index >= 15 is 0 Å². The molecular formula is C13H22N2. The largest absolute Gasteiger partial charge is 0.317 e. The van der Waals surface area contributed by atoms with E-state index in [2.05, 4.69) is 36.4 Å². The summed E-state index contributed by atoms with van der Waals surface area (Å²) < 4.78 is 0. The van der Waals surface area contributed by atoms with Crippen LogP contribution in [-0.2, 0) is 6.42 Å². The van der Waals surface area contributed by atoms with Gasteiger partial charge in [-0.25, -0.2) is 0 Å². The number of hydrogen-bond acceptors (Lipinski definition) is 2. The average Bonchev–Trinajstić information content (AvgIpc) is 2.31. The van der Waals surface area contributed by atoms with Crippen molar-refractivity contribution in [3.8, 4) is 0 Å². The van der Waals surface area contributed by atoms with Crippen LogP contribution in [0, 0.1) is 0 Å². The van der Waals surface area contributed by atoms with E-state index in [1.165, 1.54) is 31.2 Å². The van der Waals surface area contributed by atoms with E-state index in [-0.39, 0.29) is 0 Å².